The molecule has 0 aliphatic carbocycles. The first kappa shape index (κ1) is 15.3. The summed E-state index contributed by atoms with van der Waals surface area (Å²) in [5.41, 5.74) is 1.65. The van der Waals surface area contributed by atoms with Gasteiger partial charge in [-0.15, -0.1) is 0 Å². The summed E-state index contributed by atoms with van der Waals surface area (Å²) in [6.45, 7) is 3.60. The number of aryl methyl sites for hydroxylation is 1. The van der Waals surface area contributed by atoms with Gasteiger partial charge in [-0.2, -0.15) is 5.10 Å². The van der Waals surface area contributed by atoms with Crippen LogP contribution < -0.4 is 9.47 Å². The summed E-state index contributed by atoms with van der Waals surface area (Å²) in [5.74, 6) is 1.02. The third-order valence-electron chi connectivity index (χ3n) is 4.47. The molecule has 3 heterocycles. The molecule has 0 saturated carbocycles. The smallest absolute Gasteiger partial charge is 0.254 e. The van der Waals surface area contributed by atoms with Gasteiger partial charge in [0, 0.05) is 18.3 Å². The largest absolute Gasteiger partial charge is 0.454 e. The fourth-order valence-corrected chi connectivity index (χ4v) is 3.60. The first-order valence-corrected chi connectivity index (χ1v) is 8.39. The zero-order chi connectivity index (χ0) is 16.7. The fourth-order valence-electron chi connectivity index (χ4n) is 3.33. The van der Waals surface area contributed by atoms with Crippen molar-refractivity contribution in [2.75, 3.05) is 13.3 Å². The number of benzene rings is 1. The van der Waals surface area contributed by atoms with Gasteiger partial charge in [0.05, 0.1) is 23.8 Å². The number of aromatic nitrogens is 2. The Morgan fingerprint density at radius 3 is 3.08 bits per heavy atom. The van der Waals surface area contributed by atoms with E-state index < -0.39 is 0 Å². The number of fused-ring (bicyclic) bond motifs is 1. The molecule has 0 radical (unpaired) electrons. The van der Waals surface area contributed by atoms with Crippen molar-refractivity contribution in [3.8, 4) is 11.5 Å². The van der Waals surface area contributed by atoms with Crippen LogP contribution in [0.5, 0.6) is 11.5 Å². The van der Waals surface area contributed by atoms with Crippen LogP contribution >= 0.6 is 11.6 Å². The van der Waals surface area contributed by atoms with Crippen LogP contribution in [0.2, 0.25) is 5.02 Å². The van der Waals surface area contributed by atoms with E-state index in [1.165, 1.54) is 0 Å². The summed E-state index contributed by atoms with van der Waals surface area (Å²) in [6, 6.07) is 3.51. The molecule has 6 nitrogen and oxygen atoms in total. The van der Waals surface area contributed by atoms with Crippen LogP contribution in [-0.4, -0.2) is 40.0 Å². The second kappa shape index (κ2) is 6.02. The second-order valence-electron chi connectivity index (χ2n) is 6.23. The summed E-state index contributed by atoms with van der Waals surface area (Å²) in [7, 11) is 0. The lowest BCUT2D eigenvalue weighted by Crippen LogP contribution is -2.38. The number of amides is 1. The monoisotopic (exact) mass is 347 g/mol. The van der Waals surface area contributed by atoms with E-state index >= 15 is 0 Å². The van der Waals surface area contributed by atoms with E-state index in [1.54, 1.807) is 12.1 Å². The van der Waals surface area contributed by atoms with E-state index in [9.17, 15) is 4.79 Å². The lowest BCUT2D eigenvalue weighted by molar-refractivity contribution is 0.0721. The van der Waals surface area contributed by atoms with E-state index in [0.717, 1.165) is 24.9 Å². The number of hydrogen-bond acceptors (Lipinski definition) is 4. The molecule has 0 N–H and O–H groups in total. The number of likely N-dealkylation sites (tertiary alicyclic amines) is 1. The number of hydrogen-bond donors (Lipinski definition) is 0. The highest BCUT2D eigenvalue weighted by molar-refractivity contribution is 6.32. The van der Waals surface area contributed by atoms with Crippen molar-refractivity contribution in [2.45, 2.75) is 32.4 Å². The van der Waals surface area contributed by atoms with Crippen molar-refractivity contribution in [1.82, 2.24) is 14.7 Å². The Labute approximate surface area is 144 Å². The molecule has 1 atom stereocenters. The minimum Gasteiger partial charge on any atom is -0.454 e. The van der Waals surface area contributed by atoms with Gasteiger partial charge in [0.15, 0.2) is 11.5 Å². The molecule has 1 aromatic heterocycles. The van der Waals surface area contributed by atoms with Crippen molar-refractivity contribution >= 4 is 17.5 Å². The highest BCUT2D eigenvalue weighted by atomic mass is 35.5. The fraction of sp³-hybridized carbons (Fsp3) is 0.412. The first-order valence-electron chi connectivity index (χ1n) is 8.01. The number of nitrogens with zero attached hydrogens (tertiary/aromatic N) is 3. The van der Waals surface area contributed by atoms with Crippen molar-refractivity contribution < 1.29 is 14.3 Å². The van der Waals surface area contributed by atoms with Gasteiger partial charge in [-0.25, -0.2) is 0 Å². The Bertz CT molecular complexity index is 789. The maximum Gasteiger partial charge on any atom is 0.254 e. The first-order chi connectivity index (χ1) is 11.6. The van der Waals surface area contributed by atoms with Crippen LogP contribution in [0.4, 0.5) is 0 Å². The Hall–Kier alpha value is -2.21. The van der Waals surface area contributed by atoms with Crippen molar-refractivity contribution in [1.29, 1.82) is 0 Å². The predicted molar refractivity (Wildman–Crippen MR) is 88.6 cm³/mol. The molecule has 7 heteroatoms. The summed E-state index contributed by atoms with van der Waals surface area (Å²) >= 11 is 6.20. The molecule has 0 bridgehead atoms. The molecule has 1 fully saturated rings. The molecule has 0 spiro atoms. The minimum atomic E-state index is -0.0263. The zero-order valence-corrected chi connectivity index (χ0v) is 14.1. The van der Waals surface area contributed by atoms with Gasteiger partial charge in [0.25, 0.3) is 5.91 Å². The zero-order valence-electron chi connectivity index (χ0n) is 13.4. The molecule has 24 heavy (non-hydrogen) atoms. The Balaban J connectivity index is 1.56. The van der Waals surface area contributed by atoms with E-state index in [0.29, 0.717) is 28.6 Å². The molecule has 1 amide bonds. The highest BCUT2D eigenvalue weighted by Gasteiger charge is 2.31. The number of carbonyl (C=O) groups excluding carboxylic acids is 1. The highest BCUT2D eigenvalue weighted by Crippen LogP contribution is 2.40. The number of carbonyl (C=O) groups is 1. The molecule has 1 aromatic carbocycles. The molecule has 1 saturated heterocycles. The van der Waals surface area contributed by atoms with Gasteiger partial charge >= 0.3 is 0 Å². The molecule has 0 unspecified atom stereocenters. The van der Waals surface area contributed by atoms with Gasteiger partial charge < -0.3 is 14.4 Å². The molecule has 2 aliphatic heterocycles. The standard InChI is InChI=1S/C17H18ClN3O3/c1-11-7-19-20(8-11)9-13-3-2-4-21(13)17(22)12-5-14(18)16-15(6-12)23-10-24-16/h5-8,13H,2-4,9-10H2,1H3/t13-/m1/s1. The number of rotatable bonds is 3. The molecular formula is C17H18ClN3O3. The van der Waals surface area contributed by atoms with Crippen molar-refractivity contribution in [3.05, 3.63) is 40.7 Å². The van der Waals surface area contributed by atoms with Crippen LogP contribution in [0.15, 0.2) is 24.5 Å². The lowest BCUT2D eigenvalue weighted by Gasteiger charge is -2.25. The minimum absolute atomic E-state index is 0.0263. The maximum atomic E-state index is 12.9. The van der Waals surface area contributed by atoms with Crippen LogP contribution in [0, 0.1) is 6.92 Å². The van der Waals surface area contributed by atoms with E-state index in [2.05, 4.69) is 5.10 Å². The average Bonchev–Trinajstić information content (AvgIpc) is 3.28. The quantitative estimate of drug-likeness (QED) is 0.856. The van der Waals surface area contributed by atoms with Crippen molar-refractivity contribution in [2.24, 2.45) is 0 Å². The van der Waals surface area contributed by atoms with Crippen LogP contribution in [0.3, 0.4) is 0 Å². The van der Waals surface area contributed by atoms with Crippen LogP contribution in [-0.2, 0) is 6.54 Å². The van der Waals surface area contributed by atoms with E-state index in [4.69, 9.17) is 21.1 Å². The van der Waals surface area contributed by atoms with Crippen LogP contribution in [0.25, 0.3) is 0 Å². The van der Waals surface area contributed by atoms with Gasteiger partial charge in [-0.1, -0.05) is 11.6 Å². The number of halogens is 1. The summed E-state index contributed by atoms with van der Waals surface area (Å²) in [5, 5.41) is 4.74. The normalized spacial score (nSPS) is 19.1. The topological polar surface area (TPSA) is 56.6 Å². The molecule has 4 rings (SSSR count). The van der Waals surface area contributed by atoms with E-state index in [1.807, 2.05) is 28.9 Å². The third kappa shape index (κ3) is 2.71. The van der Waals surface area contributed by atoms with Gasteiger partial charge in [0.2, 0.25) is 6.79 Å². The molecule has 126 valence electrons. The van der Waals surface area contributed by atoms with Gasteiger partial charge in [-0.3, -0.25) is 9.48 Å². The van der Waals surface area contributed by atoms with Gasteiger partial charge in [-0.05, 0) is 37.5 Å². The van der Waals surface area contributed by atoms with E-state index in [-0.39, 0.29) is 18.7 Å². The Morgan fingerprint density at radius 2 is 2.29 bits per heavy atom. The Kier molecular flexibility index (Phi) is 3.84. The molecule has 2 aromatic rings. The molecule has 2 aliphatic rings. The molecular weight excluding hydrogens is 330 g/mol. The average molecular weight is 348 g/mol. The lowest BCUT2D eigenvalue weighted by atomic mass is 10.1. The summed E-state index contributed by atoms with van der Waals surface area (Å²) in [6.07, 6.45) is 5.80. The van der Waals surface area contributed by atoms with Crippen molar-refractivity contribution in [3.63, 3.8) is 0 Å². The predicted octanol–water partition coefficient (Wildman–Crippen LogP) is 2.88. The maximum absolute atomic E-state index is 12.9. The SMILES string of the molecule is Cc1cnn(C[C@H]2CCCN2C(=O)c2cc(Cl)c3c(c2)OCO3)c1. The summed E-state index contributed by atoms with van der Waals surface area (Å²) < 4.78 is 12.6. The second-order valence-corrected chi connectivity index (χ2v) is 6.63. The number of ether oxygens (including phenoxy) is 2. The van der Waals surface area contributed by atoms with Crippen LogP contribution in [0.1, 0.15) is 28.8 Å². The van der Waals surface area contributed by atoms with Gasteiger partial charge in [0.1, 0.15) is 0 Å². The summed E-state index contributed by atoms with van der Waals surface area (Å²) in [4.78, 5) is 14.9. The Morgan fingerprint density at radius 1 is 1.42 bits per heavy atom. The third-order valence-corrected chi connectivity index (χ3v) is 4.75.